The lowest BCUT2D eigenvalue weighted by Crippen LogP contribution is -2.37. The first-order valence-electron chi connectivity index (χ1n) is 8.51. The van der Waals surface area contributed by atoms with Gasteiger partial charge in [-0.05, 0) is 55.9 Å². The Morgan fingerprint density at radius 1 is 1.00 bits per heavy atom. The van der Waals surface area contributed by atoms with E-state index in [-0.39, 0.29) is 0 Å². The fraction of sp³-hybridized carbons (Fsp3) is 1.00. The lowest BCUT2D eigenvalue weighted by Gasteiger charge is -2.40. The molecule has 3 unspecified atom stereocenters. The van der Waals surface area contributed by atoms with Crippen LogP contribution in [0.3, 0.4) is 0 Å². The highest BCUT2D eigenvalue weighted by atomic mass is 14.9. The van der Waals surface area contributed by atoms with Crippen molar-refractivity contribution in [2.24, 2.45) is 23.7 Å². The van der Waals surface area contributed by atoms with Gasteiger partial charge in [0.2, 0.25) is 0 Å². The fourth-order valence-corrected chi connectivity index (χ4v) is 4.06. The zero-order valence-corrected chi connectivity index (χ0v) is 12.8. The number of hydrogen-bond acceptors (Lipinski definition) is 1. The molecule has 0 aromatic heterocycles. The van der Waals surface area contributed by atoms with Crippen LogP contribution in [0.4, 0.5) is 0 Å². The van der Waals surface area contributed by atoms with E-state index in [4.69, 9.17) is 0 Å². The summed E-state index contributed by atoms with van der Waals surface area (Å²) in [5.74, 6) is 3.97. The molecule has 0 aliphatic heterocycles. The van der Waals surface area contributed by atoms with E-state index in [0.717, 1.165) is 29.7 Å². The first-order chi connectivity index (χ1) is 8.78. The normalized spacial score (nSPS) is 33.0. The van der Waals surface area contributed by atoms with Crippen LogP contribution in [-0.4, -0.2) is 12.6 Å². The average molecular weight is 251 g/mol. The van der Waals surface area contributed by atoms with Gasteiger partial charge >= 0.3 is 0 Å². The van der Waals surface area contributed by atoms with E-state index >= 15 is 0 Å². The molecular weight excluding hydrogens is 218 g/mol. The minimum atomic E-state index is 0.885. The largest absolute Gasteiger partial charge is 0.314 e. The molecule has 18 heavy (non-hydrogen) atoms. The van der Waals surface area contributed by atoms with Gasteiger partial charge in [-0.2, -0.15) is 0 Å². The number of hydrogen-bond donors (Lipinski definition) is 1. The first-order valence-corrected chi connectivity index (χ1v) is 8.51. The van der Waals surface area contributed by atoms with Crippen molar-refractivity contribution in [2.75, 3.05) is 6.54 Å². The Morgan fingerprint density at radius 3 is 2.28 bits per heavy atom. The molecule has 106 valence electrons. The van der Waals surface area contributed by atoms with Crippen LogP contribution in [-0.2, 0) is 0 Å². The molecule has 0 spiro atoms. The van der Waals surface area contributed by atoms with Gasteiger partial charge in [-0.1, -0.05) is 46.5 Å². The van der Waals surface area contributed by atoms with Crippen LogP contribution in [0.5, 0.6) is 0 Å². The lowest BCUT2D eigenvalue weighted by atomic mass is 9.66. The summed E-state index contributed by atoms with van der Waals surface area (Å²) in [6.45, 7) is 8.49. The zero-order valence-electron chi connectivity index (χ0n) is 12.8. The van der Waals surface area contributed by atoms with Crippen molar-refractivity contribution in [1.29, 1.82) is 0 Å². The van der Waals surface area contributed by atoms with Gasteiger partial charge in [0.05, 0.1) is 0 Å². The molecule has 1 heteroatoms. The smallest absolute Gasteiger partial charge is 0.00683 e. The Bertz CT molecular complexity index is 230. The van der Waals surface area contributed by atoms with Crippen LogP contribution < -0.4 is 5.32 Å². The molecule has 0 saturated heterocycles. The molecule has 0 heterocycles. The molecule has 2 saturated carbocycles. The molecule has 1 nitrogen and oxygen atoms in total. The van der Waals surface area contributed by atoms with Crippen LogP contribution in [0, 0.1) is 23.7 Å². The Kier molecular flexibility index (Phi) is 5.54. The second-order valence-electron chi connectivity index (χ2n) is 6.77. The van der Waals surface area contributed by atoms with Crippen LogP contribution in [0.15, 0.2) is 0 Å². The third-order valence-electron chi connectivity index (χ3n) is 5.63. The van der Waals surface area contributed by atoms with Gasteiger partial charge in [0.25, 0.3) is 0 Å². The fourth-order valence-electron chi connectivity index (χ4n) is 4.06. The summed E-state index contributed by atoms with van der Waals surface area (Å²) in [6, 6.07) is 0.885. The predicted octanol–water partition coefficient (Wildman–Crippen LogP) is 4.62. The molecule has 2 rings (SSSR count). The molecule has 0 amide bonds. The van der Waals surface area contributed by atoms with Crippen molar-refractivity contribution in [1.82, 2.24) is 5.32 Å². The van der Waals surface area contributed by atoms with Crippen LogP contribution in [0.25, 0.3) is 0 Å². The molecular formula is C17H33N. The van der Waals surface area contributed by atoms with Crippen LogP contribution >= 0.6 is 0 Å². The third kappa shape index (κ3) is 3.73. The topological polar surface area (TPSA) is 12.0 Å². The number of rotatable bonds is 7. The van der Waals surface area contributed by atoms with E-state index < -0.39 is 0 Å². The van der Waals surface area contributed by atoms with Crippen molar-refractivity contribution in [3.8, 4) is 0 Å². The number of nitrogens with one attached hydrogen (secondary N) is 1. The standard InChI is InChI=1S/C17H33N/c1-4-13-7-8-15(12-18-16-9-10-16)17(11-13)14(5-2)6-3/h13-18H,4-12H2,1-3H3. The van der Waals surface area contributed by atoms with E-state index in [2.05, 4.69) is 26.1 Å². The summed E-state index contributed by atoms with van der Waals surface area (Å²) >= 11 is 0. The van der Waals surface area contributed by atoms with Crippen LogP contribution in [0.2, 0.25) is 0 Å². The minimum Gasteiger partial charge on any atom is -0.314 e. The van der Waals surface area contributed by atoms with E-state index in [0.29, 0.717) is 0 Å². The maximum absolute atomic E-state index is 3.79. The highest BCUT2D eigenvalue weighted by Crippen LogP contribution is 2.41. The van der Waals surface area contributed by atoms with Gasteiger partial charge in [0.1, 0.15) is 0 Å². The van der Waals surface area contributed by atoms with Gasteiger partial charge < -0.3 is 5.32 Å². The average Bonchev–Trinajstić information content (AvgIpc) is 3.22. The summed E-state index contributed by atoms with van der Waals surface area (Å²) in [7, 11) is 0. The van der Waals surface area contributed by atoms with E-state index in [1.807, 2.05) is 0 Å². The summed E-state index contributed by atoms with van der Waals surface area (Å²) in [5, 5.41) is 3.79. The molecule has 2 aliphatic rings. The molecule has 2 aliphatic carbocycles. The maximum Gasteiger partial charge on any atom is 0.00683 e. The molecule has 0 radical (unpaired) electrons. The third-order valence-corrected chi connectivity index (χ3v) is 5.63. The monoisotopic (exact) mass is 251 g/mol. The first kappa shape index (κ1) is 14.4. The van der Waals surface area contributed by atoms with Gasteiger partial charge in [0, 0.05) is 6.04 Å². The Morgan fingerprint density at radius 2 is 1.72 bits per heavy atom. The summed E-state index contributed by atoms with van der Waals surface area (Å²) in [4.78, 5) is 0. The zero-order chi connectivity index (χ0) is 13.0. The summed E-state index contributed by atoms with van der Waals surface area (Å²) in [5.41, 5.74) is 0. The minimum absolute atomic E-state index is 0.885. The van der Waals surface area contributed by atoms with Gasteiger partial charge in [-0.25, -0.2) is 0 Å². The van der Waals surface area contributed by atoms with Crippen molar-refractivity contribution in [3.05, 3.63) is 0 Å². The molecule has 1 N–H and O–H groups in total. The van der Waals surface area contributed by atoms with Crippen molar-refractivity contribution < 1.29 is 0 Å². The Labute approximate surface area is 114 Å². The van der Waals surface area contributed by atoms with E-state index in [1.165, 1.54) is 57.9 Å². The van der Waals surface area contributed by atoms with Crippen molar-refractivity contribution in [3.63, 3.8) is 0 Å². The van der Waals surface area contributed by atoms with Crippen molar-refractivity contribution >= 4 is 0 Å². The molecule has 0 bridgehead atoms. The Balaban J connectivity index is 1.90. The summed E-state index contributed by atoms with van der Waals surface area (Å²) in [6.07, 6.45) is 11.5. The molecule has 0 aromatic rings. The second-order valence-corrected chi connectivity index (χ2v) is 6.77. The molecule has 2 fully saturated rings. The lowest BCUT2D eigenvalue weighted by molar-refractivity contribution is 0.110. The maximum atomic E-state index is 3.79. The van der Waals surface area contributed by atoms with Gasteiger partial charge in [-0.3, -0.25) is 0 Å². The van der Waals surface area contributed by atoms with Gasteiger partial charge in [-0.15, -0.1) is 0 Å². The Hall–Kier alpha value is -0.0400. The highest BCUT2D eigenvalue weighted by molar-refractivity contribution is 4.88. The predicted molar refractivity (Wildman–Crippen MR) is 79.7 cm³/mol. The van der Waals surface area contributed by atoms with Gasteiger partial charge in [0.15, 0.2) is 0 Å². The summed E-state index contributed by atoms with van der Waals surface area (Å²) < 4.78 is 0. The molecule has 0 aromatic carbocycles. The second kappa shape index (κ2) is 6.93. The highest BCUT2D eigenvalue weighted by Gasteiger charge is 2.34. The SMILES string of the molecule is CCC1CCC(CNC2CC2)C(C(CC)CC)C1. The van der Waals surface area contributed by atoms with E-state index in [1.54, 1.807) is 0 Å². The molecule has 3 atom stereocenters. The quantitative estimate of drug-likeness (QED) is 0.696. The van der Waals surface area contributed by atoms with E-state index in [9.17, 15) is 0 Å². The van der Waals surface area contributed by atoms with Crippen molar-refractivity contribution in [2.45, 2.75) is 78.2 Å². The van der Waals surface area contributed by atoms with Crippen LogP contribution in [0.1, 0.15) is 72.1 Å².